The molecule has 0 bridgehead atoms. The van der Waals surface area contributed by atoms with Crippen LogP contribution in [0, 0.1) is 6.92 Å². The number of ether oxygens (including phenoxy) is 2. The average Bonchev–Trinajstić information content (AvgIpc) is 2.53. The van der Waals surface area contributed by atoms with Crippen molar-refractivity contribution in [3.8, 4) is 5.75 Å². The third-order valence-corrected chi connectivity index (χ3v) is 3.40. The van der Waals surface area contributed by atoms with Crippen LogP contribution >= 0.6 is 0 Å². The molecule has 0 spiro atoms. The molecule has 112 valence electrons. The van der Waals surface area contributed by atoms with Crippen molar-refractivity contribution in [2.75, 3.05) is 26.9 Å². The van der Waals surface area contributed by atoms with Gasteiger partial charge in [-0.2, -0.15) is 0 Å². The van der Waals surface area contributed by atoms with Crippen molar-refractivity contribution in [1.82, 2.24) is 5.32 Å². The Labute approximate surface area is 126 Å². The van der Waals surface area contributed by atoms with Gasteiger partial charge in [0.15, 0.2) is 0 Å². The Morgan fingerprint density at radius 1 is 1.00 bits per heavy atom. The summed E-state index contributed by atoms with van der Waals surface area (Å²) < 4.78 is 11.1. The van der Waals surface area contributed by atoms with Crippen LogP contribution in [0.5, 0.6) is 5.75 Å². The van der Waals surface area contributed by atoms with Crippen LogP contribution in [0.15, 0.2) is 54.6 Å². The molecule has 2 aromatic rings. The zero-order valence-electron chi connectivity index (χ0n) is 12.7. The summed E-state index contributed by atoms with van der Waals surface area (Å²) in [5.41, 5.74) is 2.38. The molecule has 0 aliphatic rings. The summed E-state index contributed by atoms with van der Waals surface area (Å²) in [5, 5.41) is 3.48. The minimum atomic E-state index is 0.154. The fraction of sp³-hybridized carbons (Fsp3) is 0.333. The molecule has 3 heteroatoms. The van der Waals surface area contributed by atoms with Gasteiger partial charge in [0.1, 0.15) is 12.4 Å². The molecule has 2 rings (SSSR count). The van der Waals surface area contributed by atoms with Crippen LogP contribution in [-0.4, -0.2) is 26.9 Å². The predicted octanol–water partition coefficient (Wildman–Crippen LogP) is 3.35. The Kier molecular flexibility index (Phi) is 6.25. The first-order chi connectivity index (χ1) is 10.3. The first kappa shape index (κ1) is 15.5. The summed E-state index contributed by atoms with van der Waals surface area (Å²) >= 11 is 0. The fourth-order valence-electron chi connectivity index (χ4n) is 2.19. The minimum Gasteiger partial charge on any atom is -0.491 e. The minimum absolute atomic E-state index is 0.154. The highest BCUT2D eigenvalue weighted by Gasteiger charge is 2.12. The molecule has 1 N–H and O–H groups in total. The Bertz CT molecular complexity index is 528. The lowest BCUT2D eigenvalue weighted by Gasteiger charge is -2.20. The van der Waals surface area contributed by atoms with E-state index in [0.717, 1.165) is 17.9 Å². The molecule has 0 amide bonds. The zero-order valence-corrected chi connectivity index (χ0v) is 12.7. The molecule has 1 atom stereocenters. The van der Waals surface area contributed by atoms with Gasteiger partial charge in [0, 0.05) is 13.7 Å². The fourth-order valence-corrected chi connectivity index (χ4v) is 2.19. The molecule has 21 heavy (non-hydrogen) atoms. The lowest BCUT2D eigenvalue weighted by molar-refractivity contribution is 0.187. The molecular formula is C18H23NO2. The summed E-state index contributed by atoms with van der Waals surface area (Å²) in [4.78, 5) is 0. The van der Waals surface area contributed by atoms with Gasteiger partial charge in [0.25, 0.3) is 0 Å². The van der Waals surface area contributed by atoms with Gasteiger partial charge in [-0.1, -0.05) is 48.5 Å². The first-order valence-corrected chi connectivity index (χ1v) is 7.27. The number of hydrogen-bond donors (Lipinski definition) is 1. The lowest BCUT2D eigenvalue weighted by atomic mass is 10.1. The van der Waals surface area contributed by atoms with Gasteiger partial charge >= 0.3 is 0 Å². The highest BCUT2D eigenvalue weighted by Crippen LogP contribution is 2.19. The summed E-state index contributed by atoms with van der Waals surface area (Å²) in [7, 11) is 1.71. The van der Waals surface area contributed by atoms with Crippen molar-refractivity contribution >= 4 is 0 Å². The average molecular weight is 285 g/mol. The maximum atomic E-state index is 5.98. The summed E-state index contributed by atoms with van der Waals surface area (Å²) in [6, 6.07) is 18.6. The van der Waals surface area contributed by atoms with E-state index < -0.39 is 0 Å². The molecule has 0 heterocycles. The quantitative estimate of drug-likeness (QED) is 0.755. The molecule has 1 unspecified atom stereocenters. The summed E-state index contributed by atoms with van der Waals surface area (Å²) in [6.45, 7) is 4.14. The van der Waals surface area contributed by atoms with Crippen LogP contribution in [0.3, 0.4) is 0 Å². The summed E-state index contributed by atoms with van der Waals surface area (Å²) in [5.74, 6) is 0.937. The molecule has 0 aliphatic carbocycles. The van der Waals surface area contributed by atoms with Gasteiger partial charge in [-0.3, -0.25) is 0 Å². The number of rotatable bonds is 8. The van der Waals surface area contributed by atoms with E-state index in [4.69, 9.17) is 9.47 Å². The number of aryl methyl sites for hydroxylation is 1. The number of benzene rings is 2. The van der Waals surface area contributed by atoms with E-state index in [2.05, 4.69) is 30.4 Å². The maximum Gasteiger partial charge on any atom is 0.122 e. The Hall–Kier alpha value is -1.84. The van der Waals surface area contributed by atoms with E-state index >= 15 is 0 Å². The van der Waals surface area contributed by atoms with Gasteiger partial charge < -0.3 is 14.8 Å². The van der Waals surface area contributed by atoms with Gasteiger partial charge in [-0.25, -0.2) is 0 Å². The Morgan fingerprint density at radius 2 is 1.71 bits per heavy atom. The second kappa shape index (κ2) is 8.45. The Morgan fingerprint density at radius 3 is 2.43 bits per heavy atom. The van der Waals surface area contributed by atoms with E-state index in [1.54, 1.807) is 7.11 Å². The topological polar surface area (TPSA) is 30.5 Å². The van der Waals surface area contributed by atoms with Crippen molar-refractivity contribution in [3.05, 3.63) is 65.7 Å². The molecule has 0 aromatic heterocycles. The van der Waals surface area contributed by atoms with E-state index in [1.165, 1.54) is 5.56 Å². The van der Waals surface area contributed by atoms with E-state index in [-0.39, 0.29) is 6.04 Å². The van der Waals surface area contributed by atoms with E-state index in [0.29, 0.717) is 13.2 Å². The van der Waals surface area contributed by atoms with Crippen LogP contribution in [0.25, 0.3) is 0 Å². The highest BCUT2D eigenvalue weighted by molar-refractivity contribution is 5.32. The Balaban J connectivity index is 2.00. The molecule has 3 nitrogen and oxygen atoms in total. The van der Waals surface area contributed by atoms with Crippen LogP contribution in [0.2, 0.25) is 0 Å². The van der Waals surface area contributed by atoms with Crippen molar-refractivity contribution in [2.45, 2.75) is 13.0 Å². The van der Waals surface area contributed by atoms with Crippen LogP contribution in [0.1, 0.15) is 17.2 Å². The van der Waals surface area contributed by atoms with Crippen molar-refractivity contribution in [3.63, 3.8) is 0 Å². The monoisotopic (exact) mass is 285 g/mol. The standard InChI is InChI=1S/C18H23NO2/c1-15-8-6-7-11-18(15)21-14-17(19-12-13-20-2)16-9-4-3-5-10-16/h3-11,17,19H,12-14H2,1-2H3. The number of hydrogen-bond acceptors (Lipinski definition) is 3. The third kappa shape index (κ3) is 4.88. The van der Waals surface area contributed by atoms with Gasteiger partial charge in [-0.15, -0.1) is 0 Å². The highest BCUT2D eigenvalue weighted by atomic mass is 16.5. The molecule has 0 aliphatic heterocycles. The maximum absolute atomic E-state index is 5.98. The first-order valence-electron chi connectivity index (χ1n) is 7.27. The number of methoxy groups -OCH3 is 1. The molecule has 0 radical (unpaired) electrons. The molecular weight excluding hydrogens is 262 g/mol. The number of nitrogens with one attached hydrogen (secondary N) is 1. The largest absolute Gasteiger partial charge is 0.491 e. The zero-order chi connectivity index (χ0) is 14.9. The normalized spacial score (nSPS) is 12.1. The molecule has 2 aromatic carbocycles. The predicted molar refractivity (Wildman–Crippen MR) is 85.7 cm³/mol. The lowest BCUT2D eigenvalue weighted by Crippen LogP contribution is -2.29. The molecule has 0 saturated heterocycles. The van der Waals surface area contributed by atoms with Gasteiger partial charge in [0.05, 0.1) is 12.6 Å². The second-order valence-electron chi connectivity index (χ2n) is 4.99. The summed E-state index contributed by atoms with van der Waals surface area (Å²) in [6.07, 6.45) is 0. The third-order valence-electron chi connectivity index (χ3n) is 3.40. The molecule has 0 fully saturated rings. The van der Waals surface area contributed by atoms with Gasteiger partial charge in [-0.05, 0) is 24.1 Å². The number of para-hydroxylation sites is 1. The van der Waals surface area contributed by atoms with Crippen LogP contribution in [-0.2, 0) is 4.74 Å². The van der Waals surface area contributed by atoms with E-state index in [9.17, 15) is 0 Å². The SMILES string of the molecule is COCCNC(COc1ccccc1C)c1ccccc1. The van der Waals surface area contributed by atoms with Crippen LogP contribution in [0.4, 0.5) is 0 Å². The van der Waals surface area contributed by atoms with Crippen LogP contribution < -0.4 is 10.1 Å². The van der Waals surface area contributed by atoms with E-state index in [1.807, 2.05) is 36.4 Å². The van der Waals surface area contributed by atoms with Crippen molar-refractivity contribution < 1.29 is 9.47 Å². The molecule has 0 saturated carbocycles. The second-order valence-corrected chi connectivity index (χ2v) is 4.99. The van der Waals surface area contributed by atoms with Crippen molar-refractivity contribution in [1.29, 1.82) is 0 Å². The van der Waals surface area contributed by atoms with Gasteiger partial charge in [0.2, 0.25) is 0 Å². The van der Waals surface area contributed by atoms with Crippen molar-refractivity contribution in [2.24, 2.45) is 0 Å². The smallest absolute Gasteiger partial charge is 0.122 e.